The maximum absolute atomic E-state index is 12.8. The molecule has 118 valence electrons. The van der Waals surface area contributed by atoms with Gasteiger partial charge in [0.15, 0.2) is 0 Å². The summed E-state index contributed by atoms with van der Waals surface area (Å²) in [7, 11) is 0. The van der Waals surface area contributed by atoms with E-state index in [1.54, 1.807) is 12.1 Å². The van der Waals surface area contributed by atoms with Crippen molar-refractivity contribution in [2.24, 2.45) is 5.92 Å². The lowest BCUT2D eigenvalue weighted by Gasteiger charge is -2.11. The van der Waals surface area contributed by atoms with Gasteiger partial charge in [0.25, 0.3) is 0 Å². The Morgan fingerprint density at radius 2 is 1.36 bits per heavy atom. The van der Waals surface area contributed by atoms with Crippen LogP contribution < -0.4 is 15.4 Å². The number of benzene rings is 2. The number of halogens is 1. The average molecular weight is 302 g/mol. The lowest BCUT2D eigenvalue weighted by atomic mass is 10.2. The molecule has 0 bridgehead atoms. The highest BCUT2D eigenvalue weighted by Crippen LogP contribution is 2.16. The minimum absolute atomic E-state index is 0.219. The molecule has 0 atom stereocenters. The van der Waals surface area contributed by atoms with Gasteiger partial charge in [-0.3, -0.25) is 0 Å². The number of rotatable bonds is 8. The molecular weight excluding hydrogens is 279 g/mol. The molecule has 0 saturated carbocycles. The second-order valence-electron chi connectivity index (χ2n) is 5.59. The van der Waals surface area contributed by atoms with Crippen LogP contribution in [-0.2, 0) is 0 Å². The lowest BCUT2D eigenvalue weighted by molar-refractivity contribution is 0.271. The highest BCUT2D eigenvalue weighted by atomic mass is 19.1. The Kier molecular flexibility index (Phi) is 6.07. The first-order valence-electron chi connectivity index (χ1n) is 7.59. The Morgan fingerprint density at radius 3 is 1.86 bits per heavy atom. The van der Waals surface area contributed by atoms with Crippen LogP contribution in [0.2, 0.25) is 0 Å². The molecule has 4 heteroatoms. The molecule has 2 N–H and O–H groups in total. The van der Waals surface area contributed by atoms with Gasteiger partial charge in [0.1, 0.15) is 11.6 Å². The Balaban J connectivity index is 1.69. The molecule has 2 aromatic rings. The first-order valence-corrected chi connectivity index (χ1v) is 7.59. The first-order chi connectivity index (χ1) is 10.6. The van der Waals surface area contributed by atoms with Crippen molar-refractivity contribution >= 4 is 11.4 Å². The number of hydrogen-bond donors (Lipinski definition) is 2. The van der Waals surface area contributed by atoms with Gasteiger partial charge in [0, 0.05) is 24.5 Å². The van der Waals surface area contributed by atoms with Crippen LogP contribution in [0, 0.1) is 11.7 Å². The maximum atomic E-state index is 12.8. The molecule has 0 fully saturated rings. The third-order valence-corrected chi connectivity index (χ3v) is 3.07. The molecule has 0 aromatic heterocycles. The van der Waals surface area contributed by atoms with E-state index >= 15 is 0 Å². The largest absolute Gasteiger partial charge is 0.493 e. The highest BCUT2D eigenvalue weighted by Gasteiger charge is 1.98. The van der Waals surface area contributed by atoms with Gasteiger partial charge in [0.05, 0.1) is 6.61 Å². The monoisotopic (exact) mass is 302 g/mol. The summed E-state index contributed by atoms with van der Waals surface area (Å²) in [4.78, 5) is 0. The molecule has 0 aliphatic rings. The van der Waals surface area contributed by atoms with Crippen molar-refractivity contribution in [2.45, 2.75) is 13.8 Å². The van der Waals surface area contributed by atoms with Gasteiger partial charge < -0.3 is 15.4 Å². The predicted octanol–water partition coefficient (Wildman–Crippen LogP) is 4.38. The van der Waals surface area contributed by atoms with Gasteiger partial charge in [-0.25, -0.2) is 4.39 Å². The topological polar surface area (TPSA) is 33.3 Å². The Hall–Kier alpha value is -2.23. The minimum atomic E-state index is -0.219. The van der Waals surface area contributed by atoms with E-state index in [2.05, 4.69) is 24.5 Å². The fraction of sp³-hybridized carbons (Fsp3) is 0.333. The van der Waals surface area contributed by atoms with Crippen LogP contribution in [0.4, 0.5) is 15.8 Å². The van der Waals surface area contributed by atoms with E-state index in [1.807, 2.05) is 24.3 Å². The molecule has 0 spiro atoms. The van der Waals surface area contributed by atoms with Crippen molar-refractivity contribution in [2.75, 3.05) is 30.3 Å². The summed E-state index contributed by atoms with van der Waals surface area (Å²) in [6.45, 7) is 6.53. The summed E-state index contributed by atoms with van der Waals surface area (Å²) in [5.41, 5.74) is 1.97. The molecule has 0 radical (unpaired) electrons. The van der Waals surface area contributed by atoms with Crippen molar-refractivity contribution in [3.8, 4) is 5.75 Å². The van der Waals surface area contributed by atoms with Gasteiger partial charge in [-0.2, -0.15) is 0 Å². The summed E-state index contributed by atoms with van der Waals surface area (Å²) >= 11 is 0. The molecule has 2 rings (SSSR count). The molecular formula is C18H23FN2O. The van der Waals surface area contributed by atoms with Crippen LogP contribution in [0.15, 0.2) is 48.5 Å². The van der Waals surface area contributed by atoms with Crippen molar-refractivity contribution in [1.29, 1.82) is 0 Å². The number of anilines is 2. The number of ether oxygens (including phenoxy) is 1. The third-order valence-electron chi connectivity index (χ3n) is 3.07. The fourth-order valence-electron chi connectivity index (χ4n) is 1.91. The maximum Gasteiger partial charge on any atom is 0.123 e. The summed E-state index contributed by atoms with van der Waals surface area (Å²) < 4.78 is 18.4. The number of nitrogens with one attached hydrogen (secondary N) is 2. The Bertz CT molecular complexity index is 552. The standard InChI is InChI=1S/C18H23FN2O/c1-14(2)13-22-18-9-7-17(8-10-18)21-12-11-20-16-5-3-15(19)4-6-16/h3-10,14,20-21H,11-13H2,1-2H3. The quantitative estimate of drug-likeness (QED) is 0.710. The van der Waals surface area contributed by atoms with E-state index in [0.29, 0.717) is 5.92 Å². The first kappa shape index (κ1) is 16.1. The second-order valence-corrected chi connectivity index (χ2v) is 5.59. The smallest absolute Gasteiger partial charge is 0.123 e. The van der Waals surface area contributed by atoms with E-state index in [1.165, 1.54) is 12.1 Å². The third kappa shape index (κ3) is 5.64. The zero-order chi connectivity index (χ0) is 15.8. The van der Waals surface area contributed by atoms with Gasteiger partial charge in [-0.1, -0.05) is 13.8 Å². The van der Waals surface area contributed by atoms with E-state index < -0.39 is 0 Å². The van der Waals surface area contributed by atoms with Gasteiger partial charge in [0.2, 0.25) is 0 Å². The fourth-order valence-corrected chi connectivity index (χ4v) is 1.91. The summed E-state index contributed by atoms with van der Waals surface area (Å²) in [5, 5.41) is 6.56. The van der Waals surface area contributed by atoms with E-state index in [9.17, 15) is 4.39 Å². The molecule has 0 aliphatic carbocycles. The van der Waals surface area contributed by atoms with Crippen molar-refractivity contribution in [3.63, 3.8) is 0 Å². The molecule has 0 unspecified atom stereocenters. The number of hydrogen-bond acceptors (Lipinski definition) is 3. The molecule has 2 aromatic carbocycles. The molecule has 22 heavy (non-hydrogen) atoms. The van der Waals surface area contributed by atoms with Crippen LogP contribution in [0.3, 0.4) is 0 Å². The van der Waals surface area contributed by atoms with Crippen LogP contribution in [0.25, 0.3) is 0 Å². The molecule has 0 saturated heterocycles. The summed E-state index contributed by atoms with van der Waals surface area (Å²) in [6.07, 6.45) is 0. The van der Waals surface area contributed by atoms with Crippen LogP contribution in [0.1, 0.15) is 13.8 Å². The van der Waals surface area contributed by atoms with Gasteiger partial charge in [-0.15, -0.1) is 0 Å². The van der Waals surface area contributed by atoms with Gasteiger partial charge >= 0.3 is 0 Å². The van der Waals surface area contributed by atoms with Crippen LogP contribution in [0.5, 0.6) is 5.75 Å². The zero-order valence-corrected chi connectivity index (χ0v) is 13.1. The SMILES string of the molecule is CC(C)COc1ccc(NCCNc2ccc(F)cc2)cc1. The lowest BCUT2D eigenvalue weighted by Crippen LogP contribution is -2.13. The van der Waals surface area contributed by atoms with Crippen molar-refractivity contribution in [3.05, 3.63) is 54.3 Å². The highest BCUT2D eigenvalue weighted by molar-refractivity contribution is 5.47. The average Bonchev–Trinajstić information content (AvgIpc) is 2.52. The van der Waals surface area contributed by atoms with Gasteiger partial charge in [-0.05, 0) is 54.4 Å². The summed E-state index contributed by atoms with van der Waals surface area (Å²) in [6, 6.07) is 14.3. The zero-order valence-electron chi connectivity index (χ0n) is 13.1. The minimum Gasteiger partial charge on any atom is -0.493 e. The van der Waals surface area contributed by atoms with E-state index in [0.717, 1.165) is 36.8 Å². The van der Waals surface area contributed by atoms with Crippen LogP contribution >= 0.6 is 0 Å². The van der Waals surface area contributed by atoms with E-state index in [4.69, 9.17) is 4.74 Å². The van der Waals surface area contributed by atoms with E-state index in [-0.39, 0.29) is 5.82 Å². The Morgan fingerprint density at radius 1 is 0.864 bits per heavy atom. The molecule has 0 amide bonds. The predicted molar refractivity (Wildman–Crippen MR) is 90.2 cm³/mol. The molecule has 0 heterocycles. The second kappa shape index (κ2) is 8.27. The molecule has 0 aliphatic heterocycles. The summed E-state index contributed by atoms with van der Waals surface area (Å²) in [5.74, 6) is 1.20. The normalized spacial score (nSPS) is 10.5. The molecule has 3 nitrogen and oxygen atoms in total. The Labute approximate surface area is 131 Å². The van der Waals surface area contributed by atoms with Crippen molar-refractivity contribution < 1.29 is 9.13 Å². The van der Waals surface area contributed by atoms with Crippen LogP contribution in [-0.4, -0.2) is 19.7 Å². The van der Waals surface area contributed by atoms with Crippen molar-refractivity contribution in [1.82, 2.24) is 0 Å².